The van der Waals surface area contributed by atoms with E-state index in [1.54, 1.807) is 0 Å². The fraction of sp³-hybridized carbons (Fsp3) is 0.727. The van der Waals surface area contributed by atoms with Gasteiger partial charge in [0.05, 0.1) is 0 Å². The van der Waals surface area contributed by atoms with E-state index >= 15 is 0 Å². The van der Waals surface area contributed by atoms with Gasteiger partial charge in [-0.05, 0) is 19.3 Å². The molecule has 0 aromatic carbocycles. The largest absolute Gasteiger partial charge is 0.481 e. The SMILES string of the molecule is C=CCCCCCCCCC(=O)O.[Zn].[Zn]. The van der Waals surface area contributed by atoms with E-state index in [4.69, 9.17) is 5.11 Å². The zero-order valence-corrected chi connectivity index (χ0v) is 15.6. The molecule has 1 N–H and O–H groups in total. The first-order valence-electron chi connectivity index (χ1n) is 5.10. The Labute approximate surface area is 118 Å². The number of carboxylic acids is 1. The van der Waals surface area contributed by atoms with E-state index in [-0.39, 0.29) is 39.0 Å². The second-order valence-corrected chi connectivity index (χ2v) is 3.34. The van der Waals surface area contributed by atoms with Crippen LogP contribution in [0.1, 0.15) is 51.4 Å². The van der Waals surface area contributed by atoms with Crippen molar-refractivity contribution < 1.29 is 48.9 Å². The molecular weight excluding hydrogens is 295 g/mol. The van der Waals surface area contributed by atoms with E-state index in [2.05, 4.69) is 6.58 Å². The molecule has 0 saturated carbocycles. The molecule has 0 spiro atoms. The Morgan fingerprint density at radius 1 is 1.00 bits per heavy atom. The Hall–Kier alpha value is 0.457. The van der Waals surface area contributed by atoms with Gasteiger partial charge in [-0.1, -0.05) is 31.8 Å². The van der Waals surface area contributed by atoms with Gasteiger partial charge >= 0.3 is 5.97 Å². The minimum atomic E-state index is -0.674. The van der Waals surface area contributed by atoms with E-state index in [9.17, 15) is 4.79 Å². The molecule has 80 valence electrons. The molecule has 0 fully saturated rings. The Bertz CT molecular complexity index is 150. The molecule has 0 amide bonds. The first kappa shape index (κ1) is 20.8. The summed E-state index contributed by atoms with van der Waals surface area (Å²) in [5, 5.41) is 8.38. The van der Waals surface area contributed by atoms with E-state index < -0.39 is 5.97 Å². The molecule has 0 unspecified atom stereocenters. The topological polar surface area (TPSA) is 37.3 Å². The van der Waals surface area contributed by atoms with E-state index in [0.717, 1.165) is 19.3 Å². The van der Waals surface area contributed by atoms with E-state index in [1.807, 2.05) is 6.08 Å². The van der Waals surface area contributed by atoms with Gasteiger partial charge in [-0.25, -0.2) is 0 Å². The van der Waals surface area contributed by atoms with Gasteiger partial charge in [-0.15, -0.1) is 6.58 Å². The first-order chi connectivity index (χ1) is 6.27. The zero-order chi connectivity index (χ0) is 9.94. The van der Waals surface area contributed by atoms with Gasteiger partial charge in [0.1, 0.15) is 0 Å². The number of hydrogen-bond acceptors (Lipinski definition) is 1. The van der Waals surface area contributed by atoms with Crippen molar-refractivity contribution in [1.82, 2.24) is 0 Å². The smallest absolute Gasteiger partial charge is 0.303 e. The number of unbranched alkanes of at least 4 members (excludes halogenated alkanes) is 6. The van der Waals surface area contributed by atoms with Crippen molar-refractivity contribution in [3.05, 3.63) is 12.7 Å². The third-order valence-corrected chi connectivity index (χ3v) is 2.05. The maximum Gasteiger partial charge on any atom is 0.303 e. The van der Waals surface area contributed by atoms with Crippen molar-refractivity contribution in [2.75, 3.05) is 0 Å². The van der Waals surface area contributed by atoms with Crippen LogP contribution in [0, 0.1) is 0 Å². The molecule has 0 radical (unpaired) electrons. The summed E-state index contributed by atoms with van der Waals surface area (Å²) in [6, 6.07) is 0. The summed E-state index contributed by atoms with van der Waals surface area (Å²) in [4.78, 5) is 10.2. The molecule has 4 heteroatoms. The number of hydrogen-bond donors (Lipinski definition) is 1. The van der Waals surface area contributed by atoms with Crippen LogP contribution in [0.2, 0.25) is 0 Å². The van der Waals surface area contributed by atoms with Crippen LogP contribution in [0.25, 0.3) is 0 Å². The molecule has 0 rings (SSSR count). The molecule has 0 atom stereocenters. The minimum Gasteiger partial charge on any atom is -0.481 e. The van der Waals surface area contributed by atoms with Crippen molar-refractivity contribution in [3.63, 3.8) is 0 Å². The van der Waals surface area contributed by atoms with Crippen molar-refractivity contribution >= 4 is 5.97 Å². The predicted molar refractivity (Wildman–Crippen MR) is 54.8 cm³/mol. The molecule has 15 heavy (non-hydrogen) atoms. The summed E-state index contributed by atoms with van der Waals surface area (Å²) in [6.45, 7) is 3.66. The molecule has 0 saturated heterocycles. The van der Waals surface area contributed by atoms with Crippen molar-refractivity contribution in [2.24, 2.45) is 0 Å². The van der Waals surface area contributed by atoms with Crippen LogP contribution < -0.4 is 0 Å². The molecular formula is C11H20O2Zn2. The quantitative estimate of drug-likeness (QED) is 0.402. The fourth-order valence-electron chi connectivity index (χ4n) is 1.27. The maximum absolute atomic E-state index is 10.2. The van der Waals surface area contributed by atoms with Gasteiger partial charge in [-0.3, -0.25) is 4.79 Å². The number of aliphatic carboxylic acids is 1. The van der Waals surface area contributed by atoms with Crippen LogP contribution in [0.5, 0.6) is 0 Å². The molecule has 0 bridgehead atoms. The molecule has 0 heterocycles. The van der Waals surface area contributed by atoms with Crippen molar-refractivity contribution in [1.29, 1.82) is 0 Å². The fourth-order valence-corrected chi connectivity index (χ4v) is 1.27. The summed E-state index contributed by atoms with van der Waals surface area (Å²) in [5.74, 6) is -0.674. The Balaban J connectivity index is -0.000000720. The molecule has 0 aliphatic rings. The van der Waals surface area contributed by atoms with Gasteiger partial charge in [-0.2, -0.15) is 0 Å². The second-order valence-electron chi connectivity index (χ2n) is 3.34. The van der Waals surface area contributed by atoms with Gasteiger partial charge in [0.25, 0.3) is 0 Å². The first-order valence-corrected chi connectivity index (χ1v) is 5.10. The average molecular weight is 315 g/mol. The van der Waals surface area contributed by atoms with E-state index in [0.29, 0.717) is 6.42 Å². The van der Waals surface area contributed by atoms with Crippen LogP contribution in [-0.2, 0) is 43.8 Å². The van der Waals surface area contributed by atoms with Gasteiger partial charge in [0.2, 0.25) is 0 Å². The van der Waals surface area contributed by atoms with Crippen LogP contribution >= 0.6 is 0 Å². The van der Waals surface area contributed by atoms with Crippen LogP contribution in [0.4, 0.5) is 0 Å². The van der Waals surface area contributed by atoms with Crippen LogP contribution in [0.3, 0.4) is 0 Å². The standard InChI is InChI=1S/C11H20O2.2Zn/c1-2-3-4-5-6-7-8-9-10-11(12)13;;/h2H,1,3-10H2,(H,12,13);;. The number of allylic oxidation sites excluding steroid dienone is 1. The summed E-state index contributed by atoms with van der Waals surface area (Å²) in [7, 11) is 0. The minimum absolute atomic E-state index is 0. The molecule has 2 nitrogen and oxygen atoms in total. The molecule has 0 aliphatic carbocycles. The summed E-state index contributed by atoms with van der Waals surface area (Å²) >= 11 is 0. The van der Waals surface area contributed by atoms with Gasteiger partial charge in [0, 0.05) is 45.4 Å². The van der Waals surface area contributed by atoms with Gasteiger partial charge in [0.15, 0.2) is 0 Å². The third kappa shape index (κ3) is 20.5. The van der Waals surface area contributed by atoms with Crippen LogP contribution in [0.15, 0.2) is 12.7 Å². The third-order valence-electron chi connectivity index (χ3n) is 2.05. The Kier molecular flexibility index (Phi) is 23.4. The Morgan fingerprint density at radius 3 is 1.93 bits per heavy atom. The maximum atomic E-state index is 10.2. The number of carbonyl (C=O) groups is 1. The zero-order valence-electron chi connectivity index (χ0n) is 9.71. The summed E-state index contributed by atoms with van der Waals surface area (Å²) < 4.78 is 0. The molecule has 0 aliphatic heterocycles. The van der Waals surface area contributed by atoms with Gasteiger partial charge < -0.3 is 5.11 Å². The van der Waals surface area contributed by atoms with E-state index in [1.165, 1.54) is 25.7 Å². The summed E-state index contributed by atoms with van der Waals surface area (Å²) in [6.07, 6.45) is 10.1. The summed E-state index contributed by atoms with van der Waals surface area (Å²) in [5.41, 5.74) is 0. The monoisotopic (exact) mass is 312 g/mol. The molecule has 0 aromatic heterocycles. The Morgan fingerprint density at radius 2 is 1.47 bits per heavy atom. The average Bonchev–Trinajstić information content (AvgIpc) is 2.09. The molecule has 0 aromatic rings. The number of rotatable bonds is 9. The predicted octanol–water partition coefficient (Wildman–Crippen LogP) is 3.37. The number of carboxylic acid groups (broad SMARTS) is 1. The van der Waals surface area contributed by atoms with Crippen molar-refractivity contribution in [3.8, 4) is 0 Å². The van der Waals surface area contributed by atoms with Crippen LogP contribution in [-0.4, -0.2) is 11.1 Å². The van der Waals surface area contributed by atoms with Crippen molar-refractivity contribution in [2.45, 2.75) is 51.4 Å². The second kappa shape index (κ2) is 16.9. The normalized spacial score (nSPS) is 8.53.